The lowest BCUT2D eigenvalue weighted by Crippen LogP contribution is -2.33. The second-order valence-electron chi connectivity index (χ2n) is 4.59. The van der Waals surface area contributed by atoms with E-state index in [-0.39, 0.29) is 5.91 Å². The lowest BCUT2D eigenvalue weighted by molar-refractivity contribution is -0.120. The summed E-state index contributed by atoms with van der Waals surface area (Å²) in [6.45, 7) is 3.93. The molecule has 0 heterocycles. The molecule has 0 bridgehead atoms. The standard InChI is InChI=1S/C16H20N2O/c1-2-10-17-12-16(19)18-11-14-8-5-7-13-6-3-4-9-15(13)14/h3-9,17H,2,10-12H2,1H3,(H,18,19). The Morgan fingerprint density at radius 1 is 1.11 bits per heavy atom. The topological polar surface area (TPSA) is 41.1 Å². The van der Waals surface area contributed by atoms with Crippen molar-refractivity contribution in [3.8, 4) is 0 Å². The molecular weight excluding hydrogens is 236 g/mol. The van der Waals surface area contributed by atoms with Crippen molar-refractivity contribution < 1.29 is 4.79 Å². The van der Waals surface area contributed by atoms with Gasteiger partial charge >= 0.3 is 0 Å². The van der Waals surface area contributed by atoms with Crippen LogP contribution in [0.1, 0.15) is 18.9 Å². The Hall–Kier alpha value is -1.87. The quantitative estimate of drug-likeness (QED) is 0.779. The summed E-state index contributed by atoms with van der Waals surface area (Å²) >= 11 is 0. The summed E-state index contributed by atoms with van der Waals surface area (Å²) in [5, 5.41) is 8.45. The van der Waals surface area contributed by atoms with Gasteiger partial charge in [0.25, 0.3) is 0 Å². The highest BCUT2D eigenvalue weighted by atomic mass is 16.1. The molecule has 0 radical (unpaired) electrons. The van der Waals surface area contributed by atoms with Crippen molar-refractivity contribution in [2.75, 3.05) is 13.1 Å². The maximum atomic E-state index is 11.7. The highest BCUT2D eigenvalue weighted by molar-refractivity contribution is 5.86. The molecule has 19 heavy (non-hydrogen) atoms. The number of nitrogens with one attached hydrogen (secondary N) is 2. The molecule has 2 aromatic rings. The predicted octanol–water partition coefficient (Wildman–Crippen LogP) is 2.46. The van der Waals surface area contributed by atoms with Crippen LogP contribution in [0.15, 0.2) is 42.5 Å². The van der Waals surface area contributed by atoms with Crippen molar-refractivity contribution in [3.05, 3.63) is 48.0 Å². The molecule has 2 rings (SSSR count). The fraction of sp³-hybridized carbons (Fsp3) is 0.312. The van der Waals surface area contributed by atoms with E-state index in [0.717, 1.165) is 18.5 Å². The lowest BCUT2D eigenvalue weighted by Gasteiger charge is -2.09. The SMILES string of the molecule is CCCNCC(=O)NCc1cccc2ccccc12. The molecule has 0 spiro atoms. The third-order valence-corrected chi connectivity index (χ3v) is 3.07. The van der Waals surface area contributed by atoms with Gasteiger partial charge in [0.1, 0.15) is 0 Å². The molecule has 3 nitrogen and oxygen atoms in total. The van der Waals surface area contributed by atoms with Crippen LogP contribution in [0.25, 0.3) is 10.8 Å². The maximum absolute atomic E-state index is 11.7. The molecule has 2 aromatic carbocycles. The second kappa shape index (κ2) is 6.90. The third kappa shape index (κ3) is 3.80. The zero-order valence-corrected chi connectivity index (χ0v) is 11.3. The average Bonchev–Trinajstić information content (AvgIpc) is 2.45. The fourth-order valence-electron chi connectivity index (χ4n) is 2.08. The van der Waals surface area contributed by atoms with Crippen molar-refractivity contribution in [2.45, 2.75) is 19.9 Å². The Bertz CT molecular complexity index is 546. The minimum atomic E-state index is 0.0429. The van der Waals surface area contributed by atoms with Gasteiger partial charge in [0, 0.05) is 6.54 Å². The van der Waals surface area contributed by atoms with E-state index in [4.69, 9.17) is 0 Å². The zero-order valence-electron chi connectivity index (χ0n) is 11.3. The first-order valence-electron chi connectivity index (χ1n) is 6.75. The first kappa shape index (κ1) is 13.6. The molecule has 100 valence electrons. The molecule has 1 amide bonds. The van der Waals surface area contributed by atoms with Crippen molar-refractivity contribution in [1.82, 2.24) is 10.6 Å². The summed E-state index contributed by atoms with van der Waals surface area (Å²) in [5.74, 6) is 0.0429. The van der Waals surface area contributed by atoms with Gasteiger partial charge < -0.3 is 10.6 Å². The smallest absolute Gasteiger partial charge is 0.234 e. The number of hydrogen-bond acceptors (Lipinski definition) is 2. The molecule has 0 saturated heterocycles. The number of carbonyl (C=O) groups is 1. The van der Waals surface area contributed by atoms with E-state index >= 15 is 0 Å². The molecule has 0 aromatic heterocycles. The monoisotopic (exact) mass is 256 g/mol. The number of fused-ring (bicyclic) bond motifs is 1. The van der Waals surface area contributed by atoms with Gasteiger partial charge in [0.15, 0.2) is 0 Å². The second-order valence-corrected chi connectivity index (χ2v) is 4.59. The van der Waals surface area contributed by atoms with Crippen molar-refractivity contribution in [1.29, 1.82) is 0 Å². The van der Waals surface area contributed by atoms with Crippen molar-refractivity contribution in [2.24, 2.45) is 0 Å². The normalized spacial score (nSPS) is 10.6. The lowest BCUT2D eigenvalue weighted by atomic mass is 10.0. The summed E-state index contributed by atoms with van der Waals surface area (Å²) in [5.41, 5.74) is 1.15. The maximum Gasteiger partial charge on any atom is 0.234 e. The van der Waals surface area contributed by atoms with E-state index in [1.807, 2.05) is 18.2 Å². The Balaban J connectivity index is 1.96. The molecule has 3 heteroatoms. The number of benzene rings is 2. The van der Waals surface area contributed by atoms with Crippen LogP contribution in [0.4, 0.5) is 0 Å². The minimum Gasteiger partial charge on any atom is -0.351 e. The first-order chi connectivity index (χ1) is 9.31. The summed E-state index contributed by atoms with van der Waals surface area (Å²) in [4.78, 5) is 11.7. The van der Waals surface area contributed by atoms with Crippen LogP contribution >= 0.6 is 0 Å². The van der Waals surface area contributed by atoms with Crippen molar-refractivity contribution in [3.63, 3.8) is 0 Å². The van der Waals surface area contributed by atoms with Gasteiger partial charge in [-0.15, -0.1) is 0 Å². The summed E-state index contributed by atoms with van der Waals surface area (Å²) < 4.78 is 0. The van der Waals surface area contributed by atoms with E-state index in [1.54, 1.807) is 0 Å². The number of hydrogen-bond donors (Lipinski definition) is 2. The molecule has 0 aliphatic rings. The minimum absolute atomic E-state index is 0.0429. The Kier molecular flexibility index (Phi) is 4.93. The van der Waals surface area contributed by atoms with Gasteiger partial charge in [0.05, 0.1) is 6.54 Å². The Morgan fingerprint density at radius 3 is 2.74 bits per heavy atom. The zero-order chi connectivity index (χ0) is 13.5. The van der Waals surface area contributed by atoms with Gasteiger partial charge in [-0.25, -0.2) is 0 Å². The fourth-order valence-corrected chi connectivity index (χ4v) is 2.08. The van der Waals surface area contributed by atoms with E-state index in [0.29, 0.717) is 13.1 Å². The average molecular weight is 256 g/mol. The Morgan fingerprint density at radius 2 is 1.89 bits per heavy atom. The van der Waals surface area contributed by atoms with Gasteiger partial charge in [-0.3, -0.25) is 4.79 Å². The summed E-state index contributed by atoms with van der Waals surface area (Å²) in [6.07, 6.45) is 1.04. The predicted molar refractivity (Wildman–Crippen MR) is 79.0 cm³/mol. The third-order valence-electron chi connectivity index (χ3n) is 3.07. The number of carbonyl (C=O) groups excluding carboxylic acids is 1. The van der Waals surface area contributed by atoms with Gasteiger partial charge in [0.2, 0.25) is 5.91 Å². The molecule has 2 N–H and O–H groups in total. The molecule has 0 atom stereocenters. The van der Waals surface area contributed by atoms with E-state index < -0.39 is 0 Å². The van der Waals surface area contributed by atoms with Crippen LogP contribution < -0.4 is 10.6 Å². The van der Waals surface area contributed by atoms with Gasteiger partial charge in [-0.05, 0) is 29.3 Å². The highest BCUT2D eigenvalue weighted by Crippen LogP contribution is 2.17. The molecule has 0 unspecified atom stereocenters. The number of rotatable bonds is 6. The summed E-state index contributed by atoms with van der Waals surface area (Å²) in [7, 11) is 0. The van der Waals surface area contributed by atoms with Crippen LogP contribution in [0.5, 0.6) is 0 Å². The van der Waals surface area contributed by atoms with E-state index in [9.17, 15) is 4.79 Å². The number of amides is 1. The van der Waals surface area contributed by atoms with Gasteiger partial charge in [-0.2, -0.15) is 0 Å². The molecular formula is C16H20N2O. The van der Waals surface area contributed by atoms with E-state index in [1.165, 1.54) is 10.8 Å². The first-order valence-corrected chi connectivity index (χ1v) is 6.75. The van der Waals surface area contributed by atoms with Crippen molar-refractivity contribution >= 4 is 16.7 Å². The highest BCUT2D eigenvalue weighted by Gasteiger charge is 2.03. The van der Waals surface area contributed by atoms with Crippen LogP contribution in [0.3, 0.4) is 0 Å². The Labute approximate surface area is 114 Å². The van der Waals surface area contributed by atoms with Gasteiger partial charge in [-0.1, -0.05) is 49.4 Å². The van der Waals surface area contributed by atoms with Crippen LogP contribution in [0, 0.1) is 0 Å². The molecule has 0 saturated carbocycles. The van der Waals surface area contributed by atoms with Crippen LogP contribution in [-0.2, 0) is 11.3 Å². The van der Waals surface area contributed by atoms with Crippen LogP contribution in [-0.4, -0.2) is 19.0 Å². The van der Waals surface area contributed by atoms with Crippen LogP contribution in [0.2, 0.25) is 0 Å². The molecule has 0 aliphatic heterocycles. The van der Waals surface area contributed by atoms with E-state index in [2.05, 4.69) is 41.8 Å². The largest absolute Gasteiger partial charge is 0.351 e. The molecule has 0 fully saturated rings. The summed E-state index contributed by atoms with van der Waals surface area (Å²) in [6, 6.07) is 14.4. The molecule has 0 aliphatic carbocycles.